The van der Waals surface area contributed by atoms with Crippen molar-refractivity contribution in [1.29, 1.82) is 0 Å². The minimum Gasteiger partial charge on any atom is -0.401 e. The molecule has 0 aromatic heterocycles. The molecule has 4 nitrogen and oxygen atoms in total. The van der Waals surface area contributed by atoms with Crippen LogP contribution in [-0.4, -0.2) is 18.4 Å². The van der Waals surface area contributed by atoms with Gasteiger partial charge in [-0.3, -0.25) is 0 Å². The van der Waals surface area contributed by atoms with Crippen LogP contribution in [0.2, 0.25) is 0 Å². The molecular formula is C3H10BNO3. The lowest BCUT2D eigenvalue weighted by Crippen LogP contribution is -2.28. The second-order valence-corrected chi connectivity index (χ2v) is 1.63. The number of nitrogens with two attached hydrogens (primary N) is 1. The summed E-state index contributed by atoms with van der Waals surface area (Å²) >= 11 is 0. The van der Waals surface area contributed by atoms with Gasteiger partial charge >= 0.3 is 7.32 Å². The van der Waals surface area contributed by atoms with Gasteiger partial charge in [-0.05, 0) is 13.8 Å². The van der Waals surface area contributed by atoms with E-state index in [1.807, 2.05) is 0 Å². The summed E-state index contributed by atoms with van der Waals surface area (Å²) in [6.45, 7) is 3.53. The Labute approximate surface area is 48.7 Å². The van der Waals surface area contributed by atoms with E-state index < -0.39 is 7.32 Å². The van der Waals surface area contributed by atoms with Crippen LogP contribution in [0.1, 0.15) is 13.8 Å². The third kappa shape index (κ3) is 4.07. The highest BCUT2D eigenvalue weighted by Gasteiger charge is 2.14. The van der Waals surface area contributed by atoms with Crippen molar-refractivity contribution in [2.24, 2.45) is 5.90 Å². The fraction of sp³-hybridized carbons (Fsp3) is 1.00. The minimum absolute atomic E-state index is 0.0754. The van der Waals surface area contributed by atoms with Crippen LogP contribution in [0.5, 0.6) is 0 Å². The average Bonchev–Trinajstić information content (AvgIpc) is 1.65. The second-order valence-electron chi connectivity index (χ2n) is 1.63. The van der Waals surface area contributed by atoms with Gasteiger partial charge in [-0.2, -0.15) is 0 Å². The van der Waals surface area contributed by atoms with Crippen LogP contribution in [0.25, 0.3) is 0 Å². The molecule has 0 bridgehead atoms. The first kappa shape index (κ1) is 7.90. The van der Waals surface area contributed by atoms with Crippen LogP contribution >= 0.6 is 0 Å². The molecule has 0 aliphatic carbocycles. The van der Waals surface area contributed by atoms with Crippen LogP contribution in [0.4, 0.5) is 0 Å². The molecule has 0 atom stereocenters. The van der Waals surface area contributed by atoms with Gasteiger partial charge in [-0.25, -0.2) is 5.90 Å². The van der Waals surface area contributed by atoms with Crippen molar-refractivity contribution in [3.63, 3.8) is 0 Å². The van der Waals surface area contributed by atoms with Crippen molar-refractivity contribution in [1.82, 2.24) is 0 Å². The fourth-order valence-electron chi connectivity index (χ4n) is 0.265. The van der Waals surface area contributed by atoms with Crippen molar-refractivity contribution >= 4 is 7.32 Å². The third-order valence-electron chi connectivity index (χ3n) is 0.505. The topological polar surface area (TPSA) is 64.7 Å². The number of hydrogen-bond donors (Lipinski definition) is 2. The Hall–Kier alpha value is -0.0951. The minimum atomic E-state index is -1.30. The van der Waals surface area contributed by atoms with Crippen molar-refractivity contribution in [3.8, 4) is 0 Å². The normalized spacial score (nSPS) is 10.1. The quantitative estimate of drug-likeness (QED) is 0.380. The third-order valence-corrected chi connectivity index (χ3v) is 0.505. The molecule has 0 aliphatic heterocycles. The van der Waals surface area contributed by atoms with E-state index in [-0.39, 0.29) is 6.10 Å². The first-order chi connectivity index (χ1) is 3.66. The number of hydrogen-bond acceptors (Lipinski definition) is 4. The summed E-state index contributed by atoms with van der Waals surface area (Å²) in [6, 6.07) is 0. The largest absolute Gasteiger partial charge is 0.654 e. The molecule has 0 aliphatic rings. The summed E-state index contributed by atoms with van der Waals surface area (Å²) in [4.78, 5) is 0. The first-order valence-electron chi connectivity index (χ1n) is 2.36. The molecule has 5 heteroatoms. The first-order valence-corrected chi connectivity index (χ1v) is 2.36. The van der Waals surface area contributed by atoms with Crippen LogP contribution in [0, 0.1) is 0 Å². The van der Waals surface area contributed by atoms with E-state index in [1.54, 1.807) is 13.8 Å². The molecule has 0 rings (SSSR count). The maximum Gasteiger partial charge on any atom is 0.654 e. The smallest absolute Gasteiger partial charge is 0.401 e. The van der Waals surface area contributed by atoms with Gasteiger partial charge in [0.2, 0.25) is 0 Å². The van der Waals surface area contributed by atoms with Gasteiger partial charge in [0.15, 0.2) is 0 Å². The zero-order valence-corrected chi connectivity index (χ0v) is 5.00. The molecule has 0 spiro atoms. The van der Waals surface area contributed by atoms with Gasteiger partial charge in [0.1, 0.15) is 0 Å². The molecule has 0 aromatic carbocycles. The van der Waals surface area contributed by atoms with Gasteiger partial charge in [0.25, 0.3) is 0 Å². The highest BCUT2D eigenvalue weighted by molar-refractivity contribution is 6.34. The molecule has 48 valence electrons. The Morgan fingerprint density at radius 1 is 1.62 bits per heavy atom. The van der Waals surface area contributed by atoms with Crippen LogP contribution in [0.15, 0.2) is 0 Å². The predicted octanol–water partition coefficient (Wildman–Crippen LogP) is -0.721. The van der Waals surface area contributed by atoms with E-state index >= 15 is 0 Å². The van der Waals surface area contributed by atoms with Gasteiger partial charge in [-0.15, -0.1) is 0 Å². The number of rotatable bonds is 3. The van der Waals surface area contributed by atoms with Gasteiger partial charge < -0.3 is 14.4 Å². The van der Waals surface area contributed by atoms with Crippen LogP contribution < -0.4 is 5.90 Å². The Kier molecular flexibility index (Phi) is 3.81. The standard InChI is InChI=1S/C3H10BNO3/c1-3(2)7-4(6)8-5/h3,6H,5H2,1-2H3. The lowest BCUT2D eigenvalue weighted by Gasteiger charge is -2.06. The van der Waals surface area contributed by atoms with E-state index in [2.05, 4.69) is 15.3 Å². The zero-order chi connectivity index (χ0) is 6.57. The van der Waals surface area contributed by atoms with E-state index in [4.69, 9.17) is 5.02 Å². The van der Waals surface area contributed by atoms with Crippen LogP contribution in [-0.2, 0) is 9.41 Å². The molecule has 0 aromatic rings. The molecule has 0 heterocycles. The van der Waals surface area contributed by atoms with Crippen LogP contribution in [0.3, 0.4) is 0 Å². The average molecular weight is 119 g/mol. The summed E-state index contributed by atoms with van der Waals surface area (Å²) in [5.74, 6) is 4.55. The maximum absolute atomic E-state index is 8.46. The lowest BCUT2D eigenvalue weighted by atomic mass is 10.2. The lowest BCUT2D eigenvalue weighted by molar-refractivity contribution is 0.103. The Balaban J connectivity index is 3.10. The monoisotopic (exact) mass is 119 g/mol. The Bertz CT molecular complexity index is 60.5. The molecule has 0 saturated carbocycles. The summed E-state index contributed by atoms with van der Waals surface area (Å²) in [6.07, 6.45) is -0.0754. The molecular weight excluding hydrogens is 109 g/mol. The molecule has 0 fully saturated rings. The molecule has 0 radical (unpaired) electrons. The van der Waals surface area contributed by atoms with Crippen molar-refractivity contribution in [2.75, 3.05) is 0 Å². The van der Waals surface area contributed by atoms with E-state index in [1.165, 1.54) is 0 Å². The molecule has 8 heavy (non-hydrogen) atoms. The van der Waals surface area contributed by atoms with Crippen molar-refractivity contribution in [3.05, 3.63) is 0 Å². The van der Waals surface area contributed by atoms with Crippen molar-refractivity contribution < 1.29 is 14.4 Å². The van der Waals surface area contributed by atoms with Gasteiger partial charge in [0, 0.05) is 6.10 Å². The van der Waals surface area contributed by atoms with E-state index in [9.17, 15) is 0 Å². The molecule has 0 amide bonds. The highest BCUT2D eigenvalue weighted by atomic mass is 16.7. The summed E-state index contributed by atoms with van der Waals surface area (Å²) in [5, 5.41) is 8.46. The zero-order valence-electron chi connectivity index (χ0n) is 5.00. The van der Waals surface area contributed by atoms with Gasteiger partial charge in [0.05, 0.1) is 0 Å². The summed E-state index contributed by atoms with van der Waals surface area (Å²) < 4.78 is 8.50. The second kappa shape index (κ2) is 3.85. The molecule has 0 unspecified atom stereocenters. The van der Waals surface area contributed by atoms with Gasteiger partial charge in [-0.1, -0.05) is 0 Å². The van der Waals surface area contributed by atoms with E-state index in [0.29, 0.717) is 0 Å². The van der Waals surface area contributed by atoms with Crippen molar-refractivity contribution in [2.45, 2.75) is 20.0 Å². The maximum atomic E-state index is 8.46. The Morgan fingerprint density at radius 2 is 2.12 bits per heavy atom. The summed E-state index contributed by atoms with van der Waals surface area (Å²) in [5.41, 5.74) is 0. The Morgan fingerprint density at radius 3 is 2.25 bits per heavy atom. The fourth-order valence-corrected chi connectivity index (χ4v) is 0.265. The molecule has 3 N–H and O–H groups in total. The summed E-state index contributed by atoms with van der Waals surface area (Å²) in [7, 11) is -1.30. The SMILES string of the molecule is CC(C)OB(O)ON. The van der Waals surface area contributed by atoms with E-state index in [0.717, 1.165) is 0 Å². The highest BCUT2D eigenvalue weighted by Crippen LogP contribution is 1.88. The predicted molar refractivity (Wildman–Crippen MR) is 29.5 cm³/mol. The molecule has 0 saturated heterocycles.